The number of benzene rings is 2. The molecule has 0 bridgehead atoms. The molecule has 162 valence electrons. The van der Waals surface area contributed by atoms with Crippen molar-refractivity contribution in [3.63, 3.8) is 0 Å². The van der Waals surface area contributed by atoms with Crippen LogP contribution in [0.2, 0.25) is 0 Å². The number of para-hydroxylation sites is 1. The van der Waals surface area contributed by atoms with Crippen LogP contribution in [0.15, 0.2) is 48.5 Å². The van der Waals surface area contributed by atoms with E-state index in [-0.39, 0.29) is 18.9 Å². The lowest BCUT2D eigenvalue weighted by Crippen LogP contribution is -2.43. The van der Waals surface area contributed by atoms with E-state index in [9.17, 15) is 19.2 Å². The molecular formula is C23H25N3O5. The quantitative estimate of drug-likeness (QED) is 0.665. The molecule has 2 aromatic rings. The predicted octanol–water partition coefficient (Wildman–Crippen LogP) is 2.23. The highest BCUT2D eigenvalue weighted by atomic mass is 16.5. The first kappa shape index (κ1) is 22.0. The zero-order valence-corrected chi connectivity index (χ0v) is 17.5. The first-order valence-corrected chi connectivity index (χ1v) is 10.1. The second-order valence-corrected chi connectivity index (χ2v) is 7.33. The molecule has 8 heteroatoms. The van der Waals surface area contributed by atoms with Gasteiger partial charge < -0.3 is 10.1 Å². The van der Waals surface area contributed by atoms with E-state index in [1.54, 1.807) is 31.2 Å². The van der Waals surface area contributed by atoms with Gasteiger partial charge in [-0.3, -0.25) is 29.6 Å². The van der Waals surface area contributed by atoms with Crippen molar-refractivity contribution in [2.75, 3.05) is 18.5 Å². The average molecular weight is 423 g/mol. The molecule has 8 nitrogen and oxygen atoms in total. The summed E-state index contributed by atoms with van der Waals surface area (Å²) in [6.45, 7) is 3.32. The zero-order chi connectivity index (χ0) is 22.4. The number of esters is 1. The van der Waals surface area contributed by atoms with Gasteiger partial charge in [-0.1, -0.05) is 43.3 Å². The molecule has 0 spiro atoms. The highest BCUT2D eigenvalue weighted by Crippen LogP contribution is 2.19. The van der Waals surface area contributed by atoms with E-state index in [2.05, 4.69) is 10.7 Å². The molecule has 0 aromatic heterocycles. The number of ether oxygens (including phenoxy) is 1. The van der Waals surface area contributed by atoms with Crippen LogP contribution in [0, 0.1) is 12.8 Å². The van der Waals surface area contributed by atoms with E-state index in [0.29, 0.717) is 11.3 Å². The van der Waals surface area contributed by atoms with Crippen LogP contribution in [0.3, 0.4) is 0 Å². The number of anilines is 1. The highest BCUT2D eigenvalue weighted by molar-refractivity contribution is 5.98. The van der Waals surface area contributed by atoms with E-state index < -0.39 is 30.3 Å². The van der Waals surface area contributed by atoms with Crippen LogP contribution in [0.5, 0.6) is 0 Å². The molecule has 31 heavy (non-hydrogen) atoms. The Bertz CT molecular complexity index is 1000. The SMILES string of the molecule is CCc1ccccc1NC(=O)COC(=O)[C@H]1CC(=O)N(NC(=O)c2ccccc2C)C1. The summed E-state index contributed by atoms with van der Waals surface area (Å²) in [7, 11) is 0. The predicted molar refractivity (Wildman–Crippen MR) is 114 cm³/mol. The molecule has 3 rings (SSSR count). The van der Waals surface area contributed by atoms with Crippen molar-refractivity contribution in [2.45, 2.75) is 26.7 Å². The third-order valence-corrected chi connectivity index (χ3v) is 5.10. The van der Waals surface area contributed by atoms with Gasteiger partial charge in [-0.25, -0.2) is 0 Å². The maximum atomic E-state index is 12.4. The fraction of sp³-hybridized carbons (Fsp3) is 0.304. The lowest BCUT2D eigenvalue weighted by molar-refractivity contribution is -0.151. The molecule has 1 aliphatic heterocycles. The number of nitrogens with zero attached hydrogens (tertiary/aromatic N) is 1. The Labute approximate surface area is 180 Å². The Morgan fingerprint density at radius 2 is 1.81 bits per heavy atom. The normalized spacial score (nSPS) is 15.5. The molecule has 0 radical (unpaired) electrons. The second-order valence-electron chi connectivity index (χ2n) is 7.33. The van der Waals surface area contributed by atoms with Crippen LogP contribution >= 0.6 is 0 Å². The largest absolute Gasteiger partial charge is 0.455 e. The number of carbonyl (C=O) groups excluding carboxylic acids is 4. The van der Waals surface area contributed by atoms with E-state index in [1.807, 2.05) is 31.2 Å². The Morgan fingerprint density at radius 1 is 1.10 bits per heavy atom. The van der Waals surface area contributed by atoms with E-state index >= 15 is 0 Å². The number of hydrazine groups is 1. The van der Waals surface area contributed by atoms with Crippen LogP contribution in [-0.2, 0) is 25.5 Å². The summed E-state index contributed by atoms with van der Waals surface area (Å²) in [5.41, 5.74) is 5.41. The lowest BCUT2D eigenvalue weighted by Gasteiger charge is -2.18. The topological polar surface area (TPSA) is 105 Å². The molecule has 1 saturated heterocycles. The third-order valence-electron chi connectivity index (χ3n) is 5.10. The van der Waals surface area contributed by atoms with Crippen LogP contribution in [0.1, 0.15) is 34.8 Å². The first-order valence-electron chi connectivity index (χ1n) is 10.1. The van der Waals surface area contributed by atoms with E-state index in [1.165, 1.54) is 0 Å². The van der Waals surface area contributed by atoms with Crippen molar-refractivity contribution >= 4 is 29.4 Å². The first-order chi connectivity index (χ1) is 14.9. The van der Waals surface area contributed by atoms with Crippen molar-refractivity contribution in [3.05, 3.63) is 65.2 Å². The Kier molecular flexibility index (Phi) is 7.02. The summed E-state index contributed by atoms with van der Waals surface area (Å²) in [5, 5.41) is 3.85. The zero-order valence-electron chi connectivity index (χ0n) is 17.5. The molecule has 2 aromatic carbocycles. The maximum Gasteiger partial charge on any atom is 0.311 e. The van der Waals surface area contributed by atoms with Crippen molar-refractivity contribution < 1.29 is 23.9 Å². The van der Waals surface area contributed by atoms with E-state index in [4.69, 9.17) is 4.74 Å². The van der Waals surface area contributed by atoms with Gasteiger partial charge in [0.15, 0.2) is 6.61 Å². The van der Waals surface area contributed by atoms with Gasteiger partial charge in [0.1, 0.15) is 0 Å². The molecule has 1 atom stereocenters. The molecule has 0 aliphatic carbocycles. The van der Waals surface area contributed by atoms with Gasteiger partial charge >= 0.3 is 5.97 Å². The van der Waals surface area contributed by atoms with Gasteiger partial charge in [-0.2, -0.15) is 0 Å². The summed E-state index contributed by atoms with van der Waals surface area (Å²) in [6.07, 6.45) is 0.664. The van der Waals surface area contributed by atoms with Gasteiger partial charge in [0.05, 0.1) is 12.5 Å². The number of carbonyl (C=O) groups is 4. The lowest BCUT2D eigenvalue weighted by atomic mass is 10.1. The number of aryl methyl sites for hydroxylation is 2. The minimum absolute atomic E-state index is 0.00439. The smallest absolute Gasteiger partial charge is 0.311 e. The Balaban J connectivity index is 1.50. The molecule has 3 amide bonds. The molecule has 1 aliphatic rings. The minimum atomic E-state index is -0.750. The molecular weight excluding hydrogens is 398 g/mol. The fourth-order valence-electron chi connectivity index (χ4n) is 3.38. The maximum absolute atomic E-state index is 12.4. The monoisotopic (exact) mass is 423 g/mol. The minimum Gasteiger partial charge on any atom is -0.455 e. The van der Waals surface area contributed by atoms with Crippen molar-refractivity contribution in [1.82, 2.24) is 10.4 Å². The van der Waals surface area contributed by atoms with Crippen LogP contribution < -0.4 is 10.7 Å². The average Bonchev–Trinajstić information content (AvgIpc) is 3.13. The molecule has 0 saturated carbocycles. The van der Waals surface area contributed by atoms with Crippen LogP contribution in [-0.4, -0.2) is 41.9 Å². The van der Waals surface area contributed by atoms with Gasteiger partial charge in [-0.05, 0) is 36.6 Å². The standard InChI is InChI=1S/C23H25N3O5/c1-3-16-9-5-7-11-19(16)24-20(27)14-31-23(30)17-12-21(28)26(13-17)25-22(29)18-10-6-4-8-15(18)2/h4-11,17H,3,12-14H2,1-2H3,(H,24,27)(H,25,29)/t17-/m0/s1. The highest BCUT2D eigenvalue weighted by Gasteiger charge is 2.36. The molecule has 0 unspecified atom stereocenters. The summed E-state index contributed by atoms with van der Waals surface area (Å²) in [5.74, 6) is -2.66. The summed E-state index contributed by atoms with van der Waals surface area (Å²) >= 11 is 0. The summed E-state index contributed by atoms with van der Waals surface area (Å²) in [6, 6.07) is 14.4. The third kappa shape index (κ3) is 5.48. The Hall–Kier alpha value is -3.68. The fourth-order valence-corrected chi connectivity index (χ4v) is 3.38. The van der Waals surface area contributed by atoms with Gasteiger partial charge in [0, 0.05) is 17.7 Å². The van der Waals surface area contributed by atoms with Crippen LogP contribution in [0.4, 0.5) is 5.69 Å². The van der Waals surface area contributed by atoms with Gasteiger partial charge in [0.2, 0.25) is 5.91 Å². The summed E-state index contributed by atoms with van der Waals surface area (Å²) < 4.78 is 5.10. The molecule has 1 heterocycles. The van der Waals surface area contributed by atoms with Crippen LogP contribution in [0.25, 0.3) is 0 Å². The number of amides is 3. The van der Waals surface area contributed by atoms with Crippen molar-refractivity contribution in [3.8, 4) is 0 Å². The number of nitrogens with one attached hydrogen (secondary N) is 2. The van der Waals surface area contributed by atoms with Crippen molar-refractivity contribution in [2.24, 2.45) is 5.92 Å². The number of hydrogen-bond acceptors (Lipinski definition) is 5. The van der Waals surface area contributed by atoms with Gasteiger partial charge in [-0.15, -0.1) is 0 Å². The molecule has 1 fully saturated rings. The van der Waals surface area contributed by atoms with Gasteiger partial charge in [0.25, 0.3) is 11.8 Å². The van der Waals surface area contributed by atoms with E-state index in [0.717, 1.165) is 22.6 Å². The van der Waals surface area contributed by atoms with Crippen molar-refractivity contribution in [1.29, 1.82) is 0 Å². The second kappa shape index (κ2) is 9.88. The Morgan fingerprint density at radius 3 is 2.55 bits per heavy atom. The molecule has 2 N–H and O–H groups in total. The summed E-state index contributed by atoms with van der Waals surface area (Å²) in [4.78, 5) is 49.1. The number of hydrogen-bond donors (Lipinski definition) is 2. The number of rotatable bonds is 7.